The van der Waals surface area contributed by atoms with Crippen molar-refractivity contribution in [2.75, 3.05) is 0 Å². The van der Waals surface area contributed by atoms with E-state index in [2.05, 4.69) is 159 Å². The Balaban J connectivity index is 1.66. The van der Waals surface area contributed by atoms with Crippen molar-refractivity contribution in [3.63, 3.8) is 0 Å². The van der Waals surface area contributed by atoms with Crippen molar-refractivity contribution in [1.82, 2.24) is 0 Å². The molecule has 0 amide bonds. The molecule has 0 fully saturated rings. The lowest BCUT2D eigenvalue weighted by Crippen LogP contribution is -1.94. The van der Waals surface area contributed by atoms with E-state index in [-0.39, 0.29) is 0 Å². The van der Waals surface area contributed by atoms with E-state index in [1.54, 1.807) is 0 Å². The molecule has 0 saturated heterocycles. The smallest absolute Gasteiger partial charge is 0.000741 e. The van der Waals surface area contributed by atoms with Crippen LogP contribution in [0.3, 0.4) is 0 Å². The van der Waals surface area contributed by atoms with Gasteiger partial charge in [-0.1, -0.05) is 157 Å². The minimum Gasteiger partial charge on any atom is -0.0616 e. The van der Waals surface area contributed by atoms with Crippen molar-refractivity contribution in [3.8, 4) is 22.3 Å². The highest BCUT2D eigenvalue weighted by Gasteiger charge is 2.22. The third-order valence-corrected chi connectivity index (χ3v) is 9.54. The summed E-state index contributed by atoms with van der Waals surface area (Å²) in [4.78, 5) is 0. The van der Waals surface area contributed by atoms with Crippen LogP contribution in [-0.2, 0) is 0 Å². The number of rotatable bonds is 2. The molecule has 9 aromatic rings. The normalized spacial score (nSPS) is 11.9. The summed E-state index contributed by atoms with van der Waals surface area (Å²) in [6.45, 7) is 4.33. The van der Waals surface area contributed by atoms with E-state index in [1.807, 2.05) is 0 Å². The van der Waals surface area contributed by atoms with Gasteiger partial charge in [0.15, 0.2) is 0 Å². The van der Waals surface area contributed by atoms with E-state index in [4.69, 9.17) is 0 Å². The molecule has 0 heterocycles. The van der Waals surface area contributed by atoms with Crippen molar-refractivity contribution in [2.45, 2.75) is 13.8 Å². The van der Waals surface area contributed by atoms with Gasteiger partial charge in [0.05, 0.1) is 0 Å². The zero-order chi connectivity index (χ0) is 29.4. The van der Waals surface area contributed by atoms with E-state index < -0.39 is 0 Å². The molecule has 0 nitrogen and oxygen atoms in total. The maximum absolute atomic E-state index is 2.38. The van der Waals surface area contributed by atoms with E-state index in [0.717, 1.165) is 0 Å². The Hall–Kier alpha value is -5.46. The largest absolute Gasteiger partial charge is 0.0616 e. The molecule has 206 valence electrons. The van der Waals surface area contributed by atoms with Gasteiger partial charge in [-0.15, -0.1) is 0 Å². The molecule has 0 N–H and O–H groups in total. The van der Waals surface area contributed by atoms with E-state index in [9.17, 15) is 0 Å². The average molecular weight is 559 g/mol. The standard InChI is InChI=1S/C44H30/c1-27-11-15-31(16-12-27)41-37-25-23-33-21-19-29-7-3-5-9-35(29)39(33)43(37)44-38(42(41)32-17-13-28(2)14-18-32)26-24-34-22-20-30-8-4-6-10-36(30)40(34)44/h3-26H,1-2H3. The SMILES string of the molecule is Cc1ccc(-c2c(-c3ccc(C)cc3)c3ccc4ccc5ccccc5c4c3c3c2ccc2ccc4ccccc4c23)cc1. The Kier molecular flexibility index (Phi) is 5.43. The number of benzene rings is 9. The lowest BCUT2D eigenvalue weighted by atomic mass is 9.81. The summed E-state index contributed by atoms with van der Waals surface area (Å²) in [6.07, 6.45) is 0. The van der Waals surface area contributed by atoms with Gasteiger partial charge in [0.2, 0.25) is 0 Å². The van der Waals surface area contributed by atoms with Gasteiger partial charge in [-0.3, -0.25) is 0 Å². The maximum atomic E-state index is 2.38. The summed E-state index contributed by atoms with van der Waals surface area (Å²) < 4.78 is 0. The van der Waals surface area contributed by atoms with Crippen molar-refractivity contribution in [2.24, 2.45) is 0 Å². The van der Waals surface area contributed by atoms with Gasteiger partial charge in [-0.25, -0.2) is 0 Å². The van der Waals surface area contributed by atoms with Crippen LogP contribution in [0.5, 0.6) is 0 Å². The van der Waals surface area contributed by atoms with Gasteiger partial charge in [0.1, 0.15) is 0 Å². The van der Waals surface area contributed by atoms with Crippen LogP contribution in [0.1, 0.15) is 11.1 Å². The summed E-state index contributed by atoms with van der Waals surface area (Å²) in [5, 5.41) is 15.6. The van der Waals surface area contributed by atoms with Crippen molar-refractivity contribution < 1.29 is 0 Å². The third kappa shape index (κ3) is 3.64. The van der Waals surface area contributed by atoms with Crippen LogP contribution in [0.25, 0.3) is 86.9 Å². The molecule has 0 bridgehead atoms. The lowest BCUT2D eigenvalue weighted by Gasteiger charge is -2.22. The molecule has 0 radical (unpaired) electrons. The van der Waals surface area contributed by atoms with E-state index in [0.29, 0.717) is 0 Å². The Morgan fingerprint density at radius 3 is 1.07 bits per heavy atom. The van der Waals surface area contributed by atoms with Gasteiger partial charge >= 0.3 is 0 Å². The second-order valence-electron chi connectivity index (χ2n) is 12.2. The zero-order valence-electron chi connectivity index (χ0n) is 24.9. The van der Waals surface area contributed by atoms with Gasteiger partial charge in [0.25, 0.3) is 0 Å². The predicted molar refractivity (Wildman–Crippen MR) is 192 cm³/mol. The second-order valence-corrected chi connectivity index (χ2v) is 12.2. The first kappa shape index (κ1) is 25.1. The predicted octanol–water partition coefficient (Wildman–Crippen LogP) is 12.6. The van der Waals surface area contributed by atoms with Crippen LogP contribution in [0, 0.1) is 13.8 Å². The molecular weight excluding hydrogens is 528 g/mol. The monoisotopic (exact) mass is 558 g/mol. The molecular formula is C44H30. The number of fused-ring (bicyclic) bond motifs is 11. The molecule has 0 spiro atoms. The third-order valence-electron chi connectivity index (χ3n) is 9.54. The fraction of sp³-hybridized carbons (Fsp3) is 0.0455. The van der Waals surface area contributed by atoms with Crippen LogP contribution in [0.15, 0.2) is 146 Å². The molecule has 0 aliphatic rings. The molecule has 0 atom stereocenters. The molecule has 0 saturated carbocycles. The first-order chi connectivity index (χ1) is 21.7. The molecule has 0 unspecified atom stereocenters. The highest BCUT2D eigenvalue weighted by Crippen LogP contribution is 2.50. The Labute approximate surface area is 256 Å². The quantitative estimate of drug-likeness (QED) is 0.185. The lowest BCUT2D eigenvalue weighted by molar-refractivity contribution is 1.46. The number of hydrogen-bond donors (Lipinski definition) is 0. The van der Waals surface area contributed by atoms with Gasteiger partial charge in [-0.05, 0) is 101 Å². The van der Waals surface area contributed by atoms with Crippen molar-refractivity contribution in [1.29, 1.82) is 0 Å². The second kappa shape index (κ2) is 9.53. The van der Waals surface area contributed by atoms with Gasteiger partial charge < -0.3 is 0 Å². The van der Waals surface area contributed by atoms with Crippen LogP contribution in [-0.4, -0.2) is 0 Å². The summed E-state index contributed by atoms with van der Waals surface area (Å²) >= 11 is 0. The Morgan fingerprint density at radius 1 is 0.273 bits per heavy atom. The topological polar surface area (TPSA) is 0 Å². The summed E-state index contributed by atoms with van der Waals surface area (Å²) in [7, 11) is 0. The maximum Gasteiger partial charge on any atom is -0.000741 e. The molecule has 0 aromatic heterocycles. The fourth-order valence-corrected chi connectivity index (χ4v) is 7.44. The fourth-order valence-electron chi connectivity index (χ4n) is 7.44. The van der Waals surface area contributed by atoms with Gasteiger partial charge in [-0.2, -0.15) is 0 Å². The average Bonchev–Trinajstić information content (AvgIpc) is 3.07. The Bertz CT molecular complexity index is 2400. The Morgan fingerprint density at radius 2 is 0.636 bits per heavy atom. The zero-order valence-corrected chi connectivity index (χ0v) is 24.9. The summed E-state index contributed by atoms with van der Waals surface area (Å²) in [5.74, 6) is 0. The molecule has 9 rings (SSSR count). The summed E-state index contributed by atoms with van der Waals surface area (Å²) in [6, 6.07) is 54.5. The molecule has 0 aliphatic heterocycles. The molecule has 44 heavy (non-hydrogen) atoms. The van der Waals surface area contributed by atoms with Crippen LogP contribution in [0.2, 0.25) is 0 Å². The van der Waals surface area contributed by atoms with Crippen LogP contribution in [0.4, 0.5) is 0 Å². The van der Waals surface area contributed by atoms with Crippen LogP contribution < -0.4 is 0 Å². The first-order valence-electron chi connectivity index (χ1n) is 15.4. The first-order valence-corrected chi connectivity index (χ1v) is 15.4. The minimum atomic E-state index is 1.25. The number of hydrogen-bond acceptors (Lipinski definition) is 0. The number of aryl methyl sites for hydroxylation is 2. The highest BCUT2D eigenvalue weighted by atomic mass is 14.2. The minimum absolute atomic E-state index is 1.25. The molecule has 0 aliphatic carbocycles. The molecule has 0 heteroatoms. The molecule has 9 aromatic carbocycles. The highest BCUT2D eigenvalue weighted by molar-refractivity contribution is 6.39. The van der Waals surface area contributed by atoms with E-state index in [1.165, 1.54) is 98.0 Å². The van der Waals surface area contributed by atoms with Crippen LogP contribution >= 0.6 is 0 Å². The van der Waals surface area contributed by atoms with Crippen molar-refractivity contribution >= 4 is 64.6 Å². The van der Waals surface area contributed by atoms with Gasteiger partial charge in [0, 0.05) is 0 Å². The van der Waals surface area contributed by atoms with E-state index >= 15 is 0 Å². The van der Waals surface area contributed by atoms with Crippen molar-refractivity contribution in [3.05, 3.63) is 157 Å². The summed E-state index contributed by atoms with van der Waals surface area (Å²) in [5.41, 5.74) is 7.62.